The summed E-state index contributed by atoms with van der Waals surface area (Å²) in [4.78, 5) is 12.7. The summed E-state index contributed by atoms with van der Waals surface area (Å²) in [5.41, 5.74) is 2.10. The van der Waals surface area contributed by atoms with Crippen LogP contribution in [-0.2, 0) is 6.54 Å². The van der Waals surface area contributed by atoms with Crippen LogP contribution in [0.25, 0.3) is 0 Å². The third kappa shape index (κ3) is 5.23. The summed E-state index contributed by atoms with van der Waals surface area (Å²) in [6.07, 6.45) is 1.23. The van der Waals surface area contributed by atoms with Gasteiger partial charge in [0.1, 0.15) is 0 Å². The summed E-state index contributed by atoms with van der Waals surface area (Å²) >= 11 is 1.95. The van der Waals surface area contributed by atoms with E-state index in [4.69, 9.17) is 0 Å². The molecule has 4 nitrogen and oxygen atoms in total. The minimum Gasteiger partial charge on any atom is -0.351 e. The van der Waals surface area contributed by atoms with Crippen molar-refractivity contribution in [2.24, 2.45) is 10.9 Å². The van der Waals surface area contributed by atoms with Crippen molar-refractivity contribution in [3.8, 4) is 0 Å². The number of nitrogens with zero attached hydrogens (tertiary/aromatic N) is 3. The zero-order chi connectivity index (χ0) is 17.5. The molecule has 1 aromatic heterocycles. The van der Waals surface area contributed by atoms with Crippen molar-refractivity contribution in [2.45, 2.75) is 24.8 Å². The molecule has 2 aromatic rings. The van der Waals surface area contributed by atoms with E-state index in [2.05, 4.69) is 62.7 Å². The predicted octanol–water partition coefficient (Wildman–Crippen LogP) is 3.58. The van der Waals surface area contributed by atoms with Gasteiger partial charge in [0.2, 0.25) is 0 Å². The predicted molar refractivity (Wildman–Crippen MR) is 106 cm³/mol. The van der Waals surface area contributed by atoms with Gasteiger partial charge >= 0.3 is 0 Å². The average molecular weight is 355 g/mol. The van der Waals surface area contributed by atoms with E-state index in [9.17, 15) is 0 Å². The lowest BCUT2D eigenvalue weighted by atomic mass is 10.2. The van der Waals surface area contributed by atoms with Crippen molar-refractivity contribution in [1.82, 2.24) is 15.2 Å². The highest BCUT2D eigenvalue weighted by Crippen LogP contribution is 2.25. The molecular formula is C20H26N4S. The van der Waals surface area contributed by atoms with Crippen molar-refractivity contribution in [3.63, 3.8) is 0 Å². The number of aryl methyl sites for hydroxylation is 1. The van der Waals surface area contributed by atoms with Gasteiger partial charge in [-0.15, -0.1) is 11.8 Å². The number of nitrogens with one attached hydrogen (secondary N) is 1. The third-order valence-corrected chi connectivity index (χ3v) is 5.64. The lowest BCUT2D eigenvalue weighted by Crippen LogP contribution is -2.39. The monoisotopic (exact) mass is 354 g/mol. The van der Waals surface area contributed by atoms with E-state index in [1.54, 1.807) is 0 Å². The zero-order valence-corrected chi connectivity index (χ0v) is 15.8. The Morgan fingerprint density at radius 2 is 2.08 bits per heavy atom. The summed E-state index contributed by atoms with van der Waals surface area (Å²) in [6.45, 7) is 4.88. The molecule has 0 bridgehead atoms. The Morgan fingerprint density at radius 3 is 2.84 bits per heavy atom. The fourth-order valence-electron chi connectivity index (χ4n) is 3.09. The molecule has 2 heterocycles. The number of benzene rings is 1. The van der Waals surface area contributed by atoms with Crippen LogP contribution in [0.15, 0.2) is 58.4 Å². The Morgan fingerprint density at radius 1 is 1.24 bits per heavy atom. The van der Waals surface area contributed by atoms with Gasteiger partial charge in [0.05, 0.1) is 12.2 Å². The number of thioether (sulfide) groups is 1. The minimum atomic E-state index is 0.709. The SMILES string of the molecule is CN=C(NCc1cccc(C)n1)N1CCC(CSc2ccccc2)C1. The maximum absolute atomic E-state index is 4.54. The Kier molecular flexibility index (Phi) is 6.34. The highest BCUT2D eigenvalue weighted by atomic mass is 32.2. The Bertz CT molecular complexity index is 702. The van der Waals surface area contributed by atoms with Crippen molar-refractivity contribution in [1.29, 1.82) is 0 Å². The summed E-state index contributed by atoms with van der Waals surface area (Å²) in [7, 11) is 1.86. The molecule has 1 aliphatic rings. The summed E-state index contributed by atoms with van der Waals surface area (Å²) in [6, 6.07) is 16.8. The molecule has 3 rings (SSSR count). The van der Waals surface area contributed by atoms with E-state index >= 15 is 0 Å². The molecule has 1 aliphatic heterocycles. The normalized spacial score (nSPS) is 17.8. The topological polar surface area (TPSA) is 40.5 Å². The fourth-order valence-corrected chi connectivity index (χ4v) is 4.14. The smallest absolute Gasteiger partial charge is 0.193 e. The molecule has 1 N–H and O–H groups in total. The average Bonchev–Trinajstić information content (AvgIpc) is 3.10. The summed E-state index contributed by atoms with van der Waals surface area (Å²) in [5, 5.41) is 3.46. The Labute approximate surface area is 154 Å². The van der Waals surface area contributed by atoms with Gasteiger partial charge in [-0.2, -0.15) is 0 Å². The van der Waals surface area contributed by atoms with Crippen LogP contribution >= 0.6 is 11.8 Å². The minimum absolute atomic E-state index is 0.709. The first-order valence-electron chi connectivity index (χ1n) is 8.80. The lowest BCUT2D eigenvalue weighted by molar-refractivity contribution is 0.473. The first-order chi connectivity index (χ1) is 12.2. The van der Waals surface area contributed by atoms with Crippen LogP contribution < -0.4 is 5.32 Å². The summed E-state index contributed by atoms with van der Waals surface area (Å²) in [5.74, 6) is 2.85. The van der Waals surface area contributed by atoms with Gasteiger partial charge < -0.3 is 10.2 Å². The highest BCUT2D eigenvalue weighted by molar-refractivity contribution is 7.99. The lowest BCUT2D eigenvalue weighted by Gasteiger charge is -2.21. The molecule has 1 unspecified atom stereocenters. The van der Waals surface area contributed by atoms with Crippen molar-refractivity contribution in [2.75, 3.05) is 25.9 Å². The van der Waals surface area contributed by atoms with Gasteiger partial charge in [-0.3, -0.25) is 9.98 Å². The number of aromatic nitrogens is 1. The van der Waals surface area contributed by atoms with E-state index in [-0.39, 0.29) is 0 Å². The van der Waals surface area contributed by atoms with Gasteiger partial charge in [-0.1, -0.05) is 24.3 Å². The second-order valence-corrected chi connectivity index (χ2v) is 7.49. The van der Waals surface area contributed by atoms with E-state index < -0.39 is 0 Å². The third-order valence-electron chi connectivity index (χ3n) is 4.40. The van der Waals surface area contributed by atoms with Crippen LogP contribution in [0.3, 0.4) is 0 Å². The van der Waals surface area contributed by atoms with Crippen molar-refractivity contribution < 1.29 is 0 Å². The van der Waals surface area contributed by atoms with E-state index in [0.717, 1.165) is 36.2 Å². The van der Waals surface area contributed by atoms with Crippen LogP contribution in [0.2, 0.25) is 0 Å². The first kappa shape index (κ1) is 17.8. The molecule has 0 aliphatic carbocycles. The van der Waals surface area contributed by atoms with Crippen LogP contribution in [-0.4, -0.2) is 41.7 Å². The largest absolute Gasteiger partial charge is 0.351 e. The zero-order valence-electron chi connectivity index (χ0n) is 15.0. The molecule has 1 aromatic carbocycles. The molecular weight excluding hydrogens is 328 g/mol. The fraction of sp³-hybridized carbons (Fsp3) is 0.400. The molecule has 1 saturated heterocycles. The molecule has 0 radical (unpaired) electrons. The first-order valence-corrected chi connectivity index (χ1v) is 9.79. The Hall–Kier alpha value is -2.01. The van der Waals surface area contributed by atoms with E-state index in [1.807, 2.05) is 31.8 Å². The molecule has 0 amide bonds. The number of pyridine rings is 1. The molecule has 5 heteroatoms. The number of hydrogen-bond donors (Lipinski definition) is 1. The number of hydrogen-bond acceptors (Lipinski definition) is 3. The van der Waals surface area contributed by atoms with Gasteiger partial charge in [0.25, 0.3) is 0 Å². The van der Waals surface area contributed by atoms with Gasteiger partial charge in [-0.05, 0) is 43.5 Å². The molecule has 0 spiro atoms. The molecule has 0 saturated carbocycles. The second kappa shape index (κ2) is 8.90. The number of guanidine groups is 1. The Balaban J connectivity index is 1.48. The van der Waals surface area contributed by atoms with Crippen LogP contribution in [0, 0.1) is 12.8 Å². The van der Waals surface area contributed by atoms with Gasteiger partial charge in [0.15, 0.2) is 5.96 Å². The van der Waals surface area contributed by atoms with Crippen molar-refractivity contribution in [3.05, 3.63) is 59.9 Å². The second-order valence-electron chi connectivity index (χ2n) is 6.40. The van der Waals surface area contributed by atoms with E-state index in [1.165, 1.54) is 11.3 Å². The summed E-state index contributed by atoms with van der Waals surface area (Å²) < 4.78 is 0. The van der Waals surface area contributed by atoms with Gasteiger partial charge in [-0.25, -0.2) is 0 Å². The molecule has 1 fully saturated rings. The molecule has 25 heavy (non-hydrogen) atoms. The van der Waals surface area contributed by atoms with E-state index in [0.29, 0.717) is 12.5 Å². The number of rotatable bonds is 5. The standard InChI is InChI=1S/C20H26N4S/c1-16-7-6-8-18(23-16)13-22-20(21-2)24-12-11-17(14-24)15-25-19-9-4-3-5-10-19/h3-10,17H,11-15H2,1-2H3,(H,21,22). The van der Waals surface area contributed by atoms with Crippen LogP contribution in [0.4, 0.5) is 0 Å². The van der Waals surface area contributed by atoms with Crippen molar-refractivity contribution >= 4 is 17.7 Å². The maximum atomic E-state index is 4.54. The maximum Gasteiger partial charge on any atom is 0.193 e. The molecule has 1 atom stereocenters. The van der Waals surface area contributed by atoms with Crippen LogP contribution in [0.1, 0.15) is 17.8 Å². The quantitative estimate of drug-likeness (QED) is 0.506. The van der Waals surface area contributed by atoms with Crippen LogP contribution in [0.5, 0.6) is 0 Å². The molecule has 132 valence electrons. The number of likely N-dealkylation sites (tertiary alicyclic amines) is 1. The number of aliphatic imine (C=N–C) groups is 1. The van der Waals surface area contributed by atoms with Gasteiger partial charge in [0, 0.05) is 36.5 Å². The highest BCUT2D eigenvalue weighted by Gasteiger charge is 2.24.